The quantitative estimate of drug-likeness (QED) is 0.168. The maximum Gasteiger partial charge on any atom is 0.136 e. The first-order valence-corrected chi connectivity index (χ1v) is 25.0. The molecule has 0 saturated carbocycles. The molecule has 0 aliphatic carbocycles. The fourth-order valence-electron chi connectivity index (χ4n) is 9.64. The van der Waals surface area contributed by atoms with E-state index in [1.807, 2.05) is 0 Å². The zero-order valence-electron chi connectivity index (χ0n) is 30.9. The van der Waals surface area contributed by atoms with Crippen LogP contribution in [0.1, 0.15) is 0 Å². The van der Waals surface area contributed by atoms with Crippen molar-refractivity contribution in [1.82, 2.24) is 0 Å². The van der Waals surface area contributed by atoms with E-state index in [1.165, 1.54) is 87.0 Å². The van der Waals surface area contributed by atoms with Gasteiger partial charge in [-0.05, 0) is 119 Å². The molecule has 54 heavy (non-hydrogen) atoms. The van der Waals surface area contributed by atoms with Gasteiger partial charge in [-0.1, -0.05) is 135 Å². The number of rotatable bonds is 4. The van der Waals surface area contributed by atoms with Crippen LogP contribution in [0, 0.1) is 0 Å². The summed E-state index contributed by atoms with van der Waals surface area (Å²) in [4.78, 5) is 2.51. The molecule has 4 heteroatoms. The average Bonchev–Trinajstić information content (AvgIpc) is 3.77. The fraction of sp³-hybridized carbons (Fsp3) is 0.0800. The summed E-state index contributed by atoms with van der Waals surface area (Å²) in [6, 6.07) is 61.2. The summed E-state index contributed by atoms with van der Waals surface area (Å²) < 4.78 is 6.40. The van der Waals surface area contributed by atoms with E-state index in [0.717, 1.165) is 16.9 Å². The van der Waals surface area contributed by atoms with Crippen LogP contribution in [0.4, 0.5) is 17.1 Å². The summed E-state index contributed by atoms with van der Waals surface area (Å²) >= 11 is 0. The van der Waals surface area contributed by atoms with E-state index in [1.54, 1.807) is 0 Å². The highest BCUT2D eigenvalue weighted by molar-refractivity contribution is 7.04. The Hall–Kier alpha value is -5.95. The van der Waals surface area contributed by atoms with Crippen LogP contribution < -0.4 is 25.6 Å². The molecular weight excluding hydrogens is 687 g/mol. The first-order valence-electron chi connectivity index (χ1n) is 19.0. The minimum absolute atomic E-state index is 0.952. The third-order valence-electron chi connectivity index (χ3n) is 12.4. The summed E-state index contributed by atoms with van der Waals surface area (Å²) in [5.41, 5.74) is 13.4. The molecular formula is C50H39NOSi2. The van der Waals surface area contributed by atoms with Gasteiger partial charge in [0.2, 0.25) is 0 Å². The number of anilines is 3. The van der Waals surface area contributed by atoms with E-state index in [-0.39, 0.29) is 0 Å². The lowest BCUT2D eigenvalue weighted by Gasteiger charge is -2.29. The number of furan rings is 1. The van der Waals surface area contributed by atoms with Gasteiger partial charge in [0.15, 0.2) is 0 Å². The van der Waals surface area contributed by atoms with Crippen molar-refractivity contribution in [2.75, 3.05) is 4.90 Å². The van der Waals surface area contributed by atoms with E-state index in [9.17, 15) is 0 Å². The van der Waals surface area contributed by atoms with Gasteiger partial charge in [0.05, 0.1) is 0 Å². The van der Waals surface area contributed by atoms with Crippen molar-refractivity contribution >= 4 is 86.7 Å². The second kappa shape index (κ2) is 11.3. The monoisotopic (exact) mass is 725 g/mol. The van der Waals surface area contributed by atoms with Crippen molar-refractivity contribution in [3.63, 3.8) is 0 Å². The number of hydrogen-bond acceptors (Lipinski definition) is 2. The number of hydrogen-bond donors (Lipinski definition) is 0. The van der Waals surface area contributed by atoms with E-state index < -0.39 is 16.1 Å². The SMILES string of the molecule is C[Si]1(C)c2ccccc2-c2ccc(N(c3cccc(-c4ccc5ccccc5c4)c3)c3ccc4c(c3)[Si](C)(C)c3ccc5oc6ccccc6c5c3-4)cc21. The van der Waals surface area contributed by atoms with Gasteiger partial charge in [-0.3, -0.25) is 0 Å². The predicted molar refractivity (Wildman–Crippen MR) is 236 cm³/mol. The van der Waals surface area contributed by atoms with Gasteiger partial charge in [-0.25, -0.2) is 0 Å². The van der Waals surface area contributed by atoms with Crippen LogP contribution in [0.3, 0.4) is 0 Å². The summed E-state index contributed by atoms with van der Waals surface area (Å²) in [5.74, 6) is 0. The van der Waals surface area contributed by atoms with Crippen molar-refractivity contribution in [2.45, 2.75) is 26.2 Å². The lowest BCUT2D eigenvalue weighted by atomic mass is 9.98. The Morgan fingerprint density at radius 3 is 1.91 bits per heavy atom. The van der Waals surface area contributed by atoms with Gasteiger partial charge in [-0.15, -0.1) is 0 Å². The Bertz CT molecular complexity index is 3020. The normalized spacial score (nSPS) is 14.6. The van der Waals surface area contributed by atoms with Crippen molar-refractivity contribution < 1.29 is 4.42 Å². The van der Waals surface area contributed by atoms with Crippen LogP contribution in [0.25, 0.3) is 66.1 Å². The number of fused-ring (bicyclic) bond motifs is 11. The highest BCUT2D eigenvalue weighted by atomic mass is 28.3. The molecule has 8 aromatic carbocycles. The van der Waals surface area contributed by atoms with Gasteiger partial charge < -0.3 is 9.32 Å². The molecule has 2 aliphatic rings. The highest BCUT2D eigenvalue weighted by Gasteiger charge is 2.41. The maximum atomic E-state index is 6.40. The molecule has 0 unspecified atom stereocenters. The van der Waals surface area contributed by atoms with E-state index in [4.69, 9.17) is 4.42 Å². The fourth-order valence-corrected chi connectivity index (χ4v) is 15.8. The third kappa shape index (κ3) is 4.44. The standard InChI is InChI=1S/C50H39NOSi2/c1-53(2)45-19-10-8-16-39(45)40-24-22-37(30-47(40)53)51(36-15-11-14-34(29-36)35-21-20-32-12-5-6-13-33(32)28-35)38-23-25-42-48(31-38)54(3,4)46-27-26-44-49(50(42)46)41-17-7-9-18-43(41)52-44/h5-31H,1-4H3. The molecule has 2 aliphatic heterocycles. The first kappa shape index (κ1) is 31.6. The van der Waals surface area contributed by atoms with Gasteiger partial charge in [0.25, 0.3) is 0 Å². The van der Waals surface area contributed by atoms with Crippen LogP contribution >= 0.6 is 0 Å². The molecule has 0 atom stereocenters. The van der Waals surface area contributed by atoms with Crippen LogP contribution in [0.15, 0.2) is 168 Å². The van der Waals surface area contributed by atoms with E-state index in [0.29, 0.717) is 0 Å². The topological polar surface area (TPSA) is 16.4 Å². The van der Waals surface area contributed by atoms with Crippen molar-refractivity contribution in [3.8, 4) is 33.4 Å². The summed E-state index contributed by atoms with van der Waals surface area (Å²) in [6.45, 7) is 10.0. The molecule has 0 spiro atoms. The zero-order valence-corrected chi connectivity index (χ0v) is 32.9. The molecule has 1 aromatic heterocycles. The second-order valence-electron chi connectivity index (χ2n) is 16.2. The van der Waals surface area contributed by atoms with E-state index in [2.05, 4.69) is 195 Å². The van der Waals surface area contributed by atoms with E-state index >= 15 is 0 Å². The number of para-hydroxylation sites is 1. The Morgan fingerprint density at radius 1 is 0.407 bits per heavy atom. The predicted octanol–water partition coefficient (Wildman–Crippen LogP) is 11.5. The molecule has 0 fully saturated rings. The molecule has 0 radical (unpaired) electrons. The second-order valence-corrected chi connectivity index (χ2v) is 24.8. The molecule has 0 saturated heterocycles. The molecule has 11 rings (SSSR count). The van der Waals surface area contributed by atoms with Crippen LogP contribution in [0.5, 0.6) is 0 Å². The number of benzene rings is 8. The van der Waals surface area contributed by atoms with Gasteiger partial charge >= 0.3 is 0 Å². The minimum Gasteiger partial charge on any atom is -0.456 e. The maximum absolute atomic E-state index is 6.40. The summed E-state index contributed by atoms with van der Waals surface area (Å²) in [5, 5.41) is 11.0. The van der Waals surface area contributed by atoms with Crippen molar-refractivity contribution in [2.24, 2.45) is 0 Å². The molecule has 0 amide bonds. The Labute approximate surface area is 318 Å². The Kier molecular flexibility index (Phi) is 6.60. The summed E-state index contributed by atoms with van der Waals surface area (Å²) in [6.07, 6.45) is 0. The zero-order chi connectivity index (χ0) is 36.3. The summed E-state index contributed by atoms with van der Waals surface area (Å²) in [7, 11) is -3.98. The van der Waals surface area contributed by atoms with Gasteiger partial charge in [0, 0.05) is 27.8 Å². The van der Waals surface area contributed by atoms with Gasteiger partial charge in [0.1, 0.15) is 27.3 Å². The minimum atomic E-state index is -2.07. The highest BCUT2D eigenvalue weighted by Crippen LogP contribution is 2.43. The van der Waals surface area contributed by atoms with Crippen LogP contribution in [-0.4, -0.2) is 16.1 Å². The first-order chi connectivity index (χ1) is 26.3. The Balaban J connectivity index is 1.12. The smallest absolute Gasteiger partial charge is 0.136 e. The lowest BCUT2D eigenvalue weighted by Crippen LogP contribution is -2.49. The molecule has 3 heterocycles. The molecule has 258 valence electrons. The molecule has 0 bridgehead atoms. The molecule has 0 N–H and O–H groups in total. The Morgan fingerprint density at radius 2 is 1.06 bits per heavy atom. The van der Waals surface area contributed by atoms with Crippen LogP contribution in [-0.2, 0) is 0 Å². The lowest BCUT2D eigenvalue weighted by molar-refractivity contribution is 0.669. The van der Waals surface area contributed by atoms with Crippen LogP contribution in [0.2, 0.25) is 26.2 Å². The largest absolute Gasteiger partial charge is 0.456 e. The average molecular weight is 726 g/mol. The molecule has 9 aromatic rings. The number of nitrogens with zero attached hydrogens (tertiary/aromatic N) is 1. The van der Waals surface area contributed by atoms with Crippen molar-refractivity contribution in [3.05, 3.63) is 164 Å². The third-order valence-corrected chi connectivity index (χ3v) is 19.5. The van der Waals surface area contributed by atoms with Gasteiger partial charge in [-0.2, -0.15) is 0 Å². The molecule has 2 nitrogen and oxygen atoms in total. The van der Waals surface area contributed by atoms with Crippen molar-refractivity contribution in [1.29, 1.82) is 0 Å².